The van der Waals surface area contributed by atoms with E-state index in [0.717, 1.165) is 0 Å². The maximum atomic E-state index is 10.3. The van der Waals surface area contributed by atoms with Crippen LogP contribution in [-0.2, 0) is 14.3 Å². The second-order valence-corrected chi connectivity index (χ2v) is 1.90. The Morgan fingerprint density at radius 2 is 2.25 bits per heavy atom. The van der Waals surface area contributed by atoms with Gasteiger partial charge < -0.3 is 4.74 Å². The Kier molecular flexibility index (Phi) is 1.04. The van der Waals surface area contributed by atoms with Gasteiger partial charge in [0.25, 0.3) is 0 Å². The fourth-order valence-corrected chi connectivity index (χ4v) is 0.588. The highest BCUT2D eigenvalue weighted by Gasteiger charge is 2.28. The van der Waals surface area contributed by atoms with Crippen molar-refractivity contribution in [1.82, 2.24) is 0 Å². The van der Waals surface area contributed by atoms with Crippen LogP contribution in [0.15, 0.2) is 0 Å². The number of hydrogen-bond donors (Lipinski definition) is 0. The highest BCUT2D eigenvalue weighted by Crippen LogP contribution is 2.13. The van der Waals surface area contributed by atoms with Crippen LogP contribution >= 0.6 is 0 Å². The molecular weight excluding hydrogens is 110 g/mol. The van der Waals surface area contributed by atoms with Crippen LogP contribution in [0.25, 0.3) is 0 Å². The van der Waals surface area contributed by atoms with E-state index in [0.29, 0.717) is 0 Å². The smallest absolute Gasteiger partial charge is 0.316 e. The lowest BCUT2D eigenvalue weighted by molar-refractivity contribution is -0.152. The third kappa shape index (κ3) is 0.710. The molecule has 8 heavy (non-hydrogen) atoms. The van der Waals surface area contributed by atoms with E-state index >= 15 is 0 Å². The monoisotopic (exact) mass is 116 g/mol. The first-order valence-electron chi connectivity index (χ1n) is 2.44. The number of carbonyl (C=O) groups excluding carboxylic acids is 2. The van der Waals surface area contributed by atoms with E-state index in [2.05, 4.69) is 4.74 Å². The maximum Gasteiger partial charge on any atom is 0.316 e. The molecule has 3 nitrogen and oxygen atoms in total. The van der Waals surface area contributed by atoms with Crippen LogP contribution in [0, 0.1) is 5.92 Å². The number of cyclic esters (lactones) is 2. The van der Waals surface area contributed by atoms with Crippen molar-refractivity contribution in [1.29, 1.82) is 0 Å². The molecule has 3 heteroatoms. The van der Waals surface area contributed by atoms with Crippen LogP contribution < -0.4 is 0 Å². The molecule has 44 valence electrons. The Labute approximate surface area is 46.6 Å². The summed E-state index contributed by atoms with van der Waals surface area (Å²) >= 11 is 0. The molecule has 0 bridgehead atoms. The molecule has 0 aromatic carbocycles. The highest BCUT2D eigenvalue weighted by atomic mass is 16.6. The van der Waals surface area contributed by atoms with Crippen molar-refractivity contribution in [2.24, 2.45) is 5.92 Å². The Morgan fingerprint density at radius 1 is 1.62 bits per heavy atom. The molecular formula is C5H6O3. The van der Waals surface area contributed by atoms with Crippen molar-refractivity contribution in [3.05, 3.63) is 0 Å². The molecule has 1 rings (SSSR count). The third-order valence-corrected chi connectivity index (χ3v) is 1.09. The van der Waals surface area contributed by atoms with Crippen LogP contribution in [0.1, 0.15) is 13.3 Å². The van der Waals surface area contributed by atoms with E-state index < -0.39 is 11.9 Å². The number of esters is 2. The normalized spacial score (nSPS) is 28.4. The molecule has 1 aliphatic heterocycles. The third-order valence-electron chi connectivity index (χ3n) is 1.09. The molecule has 0 aromatic heterocycles. The molecule has 1 saturated heterocycles. The van der Waals surface area contributed by atoms with E-state index in [1.54, 1.807) is 6.92 Å². The summed E-state index contributed by atoms with van der Waals surface area (Å²) in [5.41, 5.74) is 0. The molecule has 1 unspecified atom stereocenters. The van der Waals surface area contributed by atoms with Crippen molar-refractivity contribution in [2.75, 3.05) is 0 Å². The summed E-state index contributed by atoms with van der Waals surface area (Å²) in [5.74, 6) is -1.01. The summed E-state index contributed by atoms with van der Waals surface area (Å²) < 4.78 is 4.20. The summed E-state index contributed by atoms with van der Waals surface area (Å²) in [6.07, 6.45) is 0.249. The molecule has 1 aliphatic rings. The second kappa shape index (κ2) is 1.58. The fourth-order valence-electron chi connectivity index (χ4n) is 0.588. The number of hydrogen-bond acceptors (Lipinski definition) is 3. The van der Waals surface area contributed by atoms with Gasteiger partial charge in [0.15, 0.2) is 0 Å². The zero-order valence-electron chi connectivity index (χ0n) is 4.51. The SMILES string of the molecule is C[13CH]1[13CH2]C(=O)OC1=O. The second-order valence-electron chi connectivity index (χ2n) is 1.90. The van der Waals surface area contributed by atoms with Gasteiger partial charge in [0.2, 0.25) is 0 Å². The summed E-state index contributed by atoms with van der Waals surface area (Å²) in [6, 6.07) is 0. The largest absolute Gasteiger partial charge is 0.393 e. The maximum absolute atomic E-state index is 10.3. The molecule has 1 heterocycles. The van der Waals surface area contributed by atoms with E-state index in [9.17, 15) is 9.59 Å². The predicted octanol–water partition coefficient (Wildman–Crippen LogP) is 0.0960. The first-order chi connectivity index (χ1) is 3.70. The Balaban J connectivity index is 2.64. The molecule has 0 N–H and O–H groups in total. The molecule has 0 spiro atoms. The van der Waals surface area contributed by atoms with Gasteiger partial charge in [0, 0.05) is 0 Å². The summed E-state index contributed by atoms with van der Waals surface area (Å²) in [4.78, 5) is 20.6. The lowest BCUT2D eigenvalue weighted by Gasteiger charge is -1.86. The van der Waals surface area contributed by atoms with Crippen molar-refractivity contribution in [3.8, 4) is 0 Å². The highest BCUT2D eigenvalue weighted by molar-refractivity contribution is 5.94. The molecule has 1 fully saturated rings. The van der Waals surface area contributed by atoms with E-state index in [4.69, 9.17) is 0 Å². The van der Waals surface area contributed by atoms with Gasteiger partial charge in [0.1, 0.15) is 0 Å². The average molecular weight is 116 g/mol. The molecule has 1 atom stereocenters. The van der Waals surface area contributed by atoms with Gasteiger partial charge in [0.05, 0.1) is 12.3 Å². The summed E-state index contributed by atoms with van der Waals surface area (Å²) in [7, 11) is 0. The van der Waals surface area contributed by atoms with Crippen LogP contribution in [0.2, 0.25) is 0 Å². The van der Waals surface area contributed by atoms with Gasteiger partial charge in [-0.15, -0.1) is 0 Å². The van der Waals surface area contributed by atoms with Crippen LogP contribution in [0.4, 0.5) is 0 Å². The standard InChI is InChI=1S/C5H6O3/c1-3-2-4(6)8-5(3)7/h3H,2H2,1H3/i2+1,3+1. The zero-order valence-corrected chi connectivity index (χ0v) is 4.51. The molecule has 0 saturated carbocycles. The Hall–Kier alpha value is -0.860. The first-order valence-corrected chi connectivity index (χ1v) is 2.44. The van der Waals surface area contributed by atoms with Gasteiger partial charge in [-0.3, -0.25) is 9.59 Å². The minimum absolute atomic E-state index is 0.220. The lowest BCUT2D eigenvalue weighted by Crippen LogP contribution is -2.01. The number of ether oxygens (including phenoxy) is 1. The average Bonchev–Trinajstić information content (AvgIpc) is 1.85. The summed E-state index contributed by atoms with van der Waals surface area (Å²) in [5, 5.41) is 0. The van der Waals surface area contributed by atoms with Gasteiger partial charge in [-0.05, 0) is 0 Å². The molecule has 0 radical (unpaired) electrons. The predicted molar refractivity (Wildman–Crippen MR) is 24.9 cm³/mol. The van der Waals surface area contributed by atoms with Gasteiger partial charge in [-0.1, -0.05) is 6.92 Å². The lowest BCUT2D eigenvalue weighted by atomic mass is 10.7. The van der Waals surface area contributed by atoms with Crippen LogP contribution in [0.5, 0.6) is 0 Å². The Morgan fingerprint density at radius 3 is 2.38 bits per heavy atom. The number of carbonyl (C=O) groups is 2. The molecule has 0 amide bonds. The van der Waals surface area contributed by atoms with Crippen molar-refractivity contribution in [3.63, 3.8) is 0 Å². The topological polar surface area (TPSA) is 43.4 Å². The minimum Gasteiger partial charge on any atom is -0.393 e. The van der Waals surface area contributed by atoms with Crippen LogP contribution in [0.3, 0.4) is 0 Å². The van der Waals surface area contributed by atoms with E-state index in [-0.39, 0.29) is 12.3 Å². The quantitative estimate of drug-likeness (QED) is 0.256. The van der Waals surface area contributed by atoms with E-state index in [1.807, 2.05) is 0 Å². The van der Waals surface area contributed by atoms with Crippen molar-refractivity contribution in [2.45, 2.75) is 13.3 Å². The first kappa shape index (κ1) is 5.28. The zero-order chi connectivity index (χ0) is 6.15. The summed E-state index contributed by atoms with van der Waals surface area (Å²) in [6.45, 7) is 1.67. The molecule has 0 aromatic rings. The van der Waals surface area contributed by atoms with Gasteiger partial charge >= 0.3 is 11.9 Å². The van der Waals surface area contributed by atoms with E-state index in [1.165, 1.54) is 0 Å². The fraction of sp³-hybridized carbons (Fsp3) is 0.600. The van der Waals surface area contributed by atoms with Gasteiger partial charge in [-0.25, -0.2) is 0 Å². The molecule has 0 aliphatic carbocycles. The van der Waals surface area contributed by atoms with Crippen molar-refractivity contribution >= 4 is 11.9 Å². The Bertz CT molecular complexity index is 139. The van der Waals surface area contributed by atoms with Crippen molar-refractivity contribution < 1.29 is 14.3 Å². The minimum atomic E-state index is -0.400. The van der Waals surface area contributed by atoms with Crippen LogP contribution in [-0.4, -0.2) is 11.9 Å². The van der Waals surface area contributed by atoms with Gasteiger partial charge in [-0.2, -0.15) is 0 Å². The number of rotatable bonds is 0.